The van der Waals surface area contributed by atoms with Crippen LogP contribution >= 0.6 is 0 Å². The normalized spacial score (nSPS) is 7.45. The first-order chi connectivity index (χ1) is 3.41. The van der Waals surface area contributed by atoms with Crippen molar-refractivity contribution in [2.75, 3.05) is 6.61 Å². The molecule has 0 heterocycles. The average molecular weight is 176 g/mol. The van der Waals surface area contributed by atoms with Gasteiger partial charge in [0, 0.05) is 0 Å². The summed E-state index contributed by atoms with van der Waals surface area (Å²) in [7, 11) is 0. The first-order valence-electron chi connectivity index (χ1n) is 2.30. The van der Waals surface area contributed by atoms with Crippen LogP contribution in [-0.2, 0) is 0 Å². The third-order valence-electron chi connectivity index (χ3n) is 0.545. The van der Waals surface area contributed by atoms with Crippen molar-refractivity contribution >= 4 is 17.4 Å². The largest absolute Gasteiger partial charge is 3.00 e. The van der Waals surface area contributed by atoms with Crippen LogP contribution in [0, 0.1) is 0 Å². The Morgan fingerprint density at radius 1 is 1.09 bits per heavy atom. The summed E-state index contributed by atoms with van der Waals surface area (Å²) in [6, 6.07) is 0. The van der Waals surface area contributed by atoms with E-state index in [0.29, 0.717) is 0 Å². The Hall–Kier alpha value is -0.148. The van der Waals surface area contributed by atoms with Crippen LogP contribution in [0.3, 0.4) is 0 Å². The van der Waals surface area contributed by atoms with Gasteiger partial charge in [0.2, 0.25) is 0 Å². The molecule has 0 bridgehead atoms. The van der Waals surface area contributed by atoms with Crippen LogP contribution in [0.25, 0.3) is 0 Å². The Morgan fingerprint density at radius 2 is 1.55 bits per heavy atom. The fraction of sp³-hybridized carbons (Fsp3) is 0.333. The summed E-state index contributed by atoms with van der Waals surface area (Å²) < 4.78 is 0. The summed E-state index contributed by atoms with van der Waals surface area (Å²) in [6.07, 6.45) is 7.27. The molecular weight excluding hydrogens is 163 g/mol. The summed E-state index contributed by atoms with van der Waals surface area (Å²) in [5.41, 5.74) is 0. The molecule has 0 aliphatic rings. The molecule has 5 heteroatoms. The van der Waals surface area contributed by atoms with E-state index in [2.05, 4.69) is 0 Å². The van der Waals surface area contributed by atoms with Crippen LogP contribution in [0.5, 0.6) is 0 Å². The minimum Gasteiger partial charge on any atom is -0.870 e. The zero-order chi connectivity index (χ0) is 5.54. The standard InChI is InChI=1S/C6H10O.Al.3H2O/c1-2-3-4-5-6-7;;;;/h2-5,7H,6H2,1H3;;3*1H2/q;+3;;;/p-3/b3-2+,5-4+;;;;. The minimum atomic E-state index is 0. The Kier molecular flexibility index (Phi) is 91.7. The number of allylic oxidation sites excluding steroid dienone is 3. The maximum absolute atomic E-state index is 8.17. The molecule has 0 saturated carbocycles. The van der Waals surface area contributed by atoms with E-state index < -0.39 is 0 Å². The molecule has 0 unspecified atom stereocenters. The van der Waals surface area contributed by atoms with Gasteiger partial charge in [-0.3, -0.25) is 0 Å². The van der Waals surface area contributed by atoms with E-state index in [1.54, 1.807) is 12.2 Å². The monoisotopic (exact) mass is 176 g/mol. The summed E-state index contributed by atoms with van der Waals surface area (Å²) in [6.45, 7) is 2.06. The van der Waals surface area contributed by atoms with Gasteiger partial charge in [-0.25, -0.2) is 0 Å². The van der Waals surface area contributed by atoms with Gasteiger partial charge in [-0.15, -0.1) is 0 Å². The zero-order valence-corrected chi connectivity index (χ0v) is 7.54. The molecule has 0 radical (unpaired) electrons. The molecule has 0 saturated heterocycles. The quantitative estimate of drug-likeness (QED) is 0.478. The molecule has 0 rings (SSSR count). The van der Waals surface area contributed by atoms with Crippen LogP contribution in [-0.4, -0.2) is 45.5 Å². The second-order valence-electron chi connectivity index (χ2n) is 1.14. The van der Waals surface area contributed by atoms with E-state index >= 15 is 0 Å². The van der Waals surface area contributed by atoms with Gasteiger partial charge in [-0.1, -0.05) is 24.3 Å². The number of aliphatic hydroxyl groups is 1. The summed E-state index contributed by atoms with van der Waals surface area (Å²) in [4.78, 5) is 0. The second kappa shape index (κ2) is 32.8. The molecule has 0 fully saturated rings. The molecule has 0 amide bonds. The molecule has 0 aromatic rings. The molecular formula is C6H13AlO4. The predicted molar refractivity (Wildman–Crippen MR) is 42.6 cm³/mol. The third kappa shape index (κ3) is 40.9. The summed E-state index contributed by atoms with van der Waals surface area (Å²) in [5, 5.41) is 8.17. The van der Waals surface area contributed by atoms with Gasteiger partial charge in [-0.2, -0.15) is 0 Å². The van der Waals surface area contributed by atoms with Crippen LogP contribution in [0.2, 0.25) is 0 Å². The van der Waals surface area contributed by atoms with Crippen molar-refractivity contribution in [2.24, 2.45) is 0 Å². The van der Waals surface area contributed by atoms with Gasteiger partial charge in [0.25, 0.3) is 0 Å². The minimum absolute atomic E-state index is 0. The Morgan fingerprint density at radius 3 is 1.82 bits per heavy atom. The Labute approximate surface area is 77.3 Å². The molecule has 4 nitrogen and oxygen atoms in total. The van der Waals surface area contributed by atoms with Gasteiger partial charge in [0.1, 0.15) is 0 Å². The van der Waals surface area contributed by atoms with Crippen LogP contribution < -0.4 is 0 Å². The fourth-order valence-electron chi connectivity index (χ4n) is 0.251. The van der Waals surface area contributed by atoms with E-state index in [1.807, 2.05) is 19.1 Å². The van der Waals surface area contributed by atoms with Gasteiger partial charge >= 0.3 is 17.4 Å². The van der Waals surface area contributed by atoms with E-state index in [9.17, 15) is 0 Å². The van der Waals surface area contributed by atoms with Crippen LogP contribution in [0.4, 0.5) is 0 Å². The number of aliphatic hydroxyl groups excluding tert-OH is 1. The third-order valence-corrected chi connectivity index (χ3v) is 0.545. The summed E-state index contributed by atoms with van der Waals surface area (Å²) in [5.74, 6) is 0. The SMILES string of the molecule is C/C=C/C=C/CO.[Al+3].[OH-].[OH-].[OH-]. The second-order valence-corrected chi connectivity index (χ2v) is 1.14. The van der Waals surface area contributed by atoms with Crippen molar-refractivity contribution < 1.29 is 21.5 Å². The number of hydrogen-bond donors (Lipinski definition) is 1. The van der Waals surface area contributed by atoms with E-state index in [4.69, 9.17) is 5.11 Å². The zero-order valence-electron chi connectivity index (χ0n) is 6.38. The average Bonchev–Trinajstić information content (AvgIpc) is 1.69. The first-order valence-corrected chi connectivity index (χ1v) is 2.30. The molecule has 0 spiro atoms. The number of rotatable bonds is 2. The number of hydrogen-bond acceptors (Lipinski definition) is 4. The van der Waals surface area contributed by atoms with Gasteiger partial charge in [-0.05, 0) is 6.92 Å². The summed E-state index contributed by atoms with van der Waals surface area (Å²) >= 11 is 0. The van der Waals surface area contributed by atoms with Crippen molar-refractivity contribution in [3.05, 3.63) is 24.3 Å². The molecule has 64 valence electrons. The molecule has 0 aliphatic carbocycles. The molecule has 0 aromatic heterocycles. The van der Waals surface area contributed by atoms with Crippen LogP contribution in [0.15, 0.2) is 24.3 Å². The fourth-order valence-corrected chi connectivity index (χ4v) is 0.251. The van der Waals surface area contributed by atoms with Gasteiger partial charge in [0.05, 0.1) is 6.61 Å². The van der Waals surface area contributed by atoms with Crippen LogP contribution in [0.1, 0.15) is 6.92 Å². The van der Waals surface area contributed by atoms with E-state index in [1.165, 1.54) is 0 Å². The topological polar surface area (TPSA) is 110 Å². The molecule has 4 N–H and O–H groups in total. The Balaban J connectivity index is -0.0000000300. The van der Waals surface area contributed by atoms with Gasteiger partial charge < -0.3 is 21.5 Å². The first kappa shape index (κ1) is 30.8. The molecule has 11 heavy (non-hydrogen) atoms. The van der Waals surface area contributed by atoms with E-state index in [0.717, 1.165) is 0 Å². The predicted octanol–water partition coefficient (Wildman–Crippen LogP) is 0.200. The molecule has 0 aliphatic heterocycles. The maximum Gasteiger partial charge on any atom is 3.00 e. The molecule has 0 aromatic carbocycles. The van der Waals surface area contributed by atoms with Crippen molar-refractivity contribution in [1.82, 2.24) is 0 Å². The maximum atomic E-state index is 8.17. The van der Waals surface area contributed by atoms with E-state index in [-0.39, 0.29) is 40.4 Å². The van der Waals surface area contributed by atoms with Crippen molar-refractivity contribution in [3.8, 4) is 0 Å². The van der Waals surface area contributed by atoms with Crippen molar-refractivity contribution in [3.63, 3.8) is 0 Å². The smallest absolute Gasteiger partial charge is 0.870 e. The molecule has 0 atom stereocenters. The van der Waals surface area contributed by atoms with Gasteiger partial charge in [0.15, 0.2) is 0 Å². The van der Waals surface area contributed by atoms with Crippen molar-refractivity contribution in [1.29, 1.82) is 0 Å². The van der Waals surface area contributed by atoms with Crippen molar-refractivity contribution in [2.45, 2.75) is 6.92 Å². The Bertz CT molecular complexity index is 82.7.